The zero-order chi connectivity index (χ0) is 18.8. The fourth-order valence-electron chi connectivity index (χ4n) is 3.03. The van der Waals surface area contributed by atoms with Gasteiger partial charge in [0.05, 0.1) is 11.4 Å². The fraction of sp³-hybridized carbons (Fsp3) is 0.238. The summed E-state index contributed by atoms with van der Waals surface area (Å²) >= 11 is 0. The lowest BCUT2D eigenvalue weighted by Gasteiger charge is -2.09. The van der Waals surface area contributed by atoms with Crippen LogP contribution in [0.2, 0.25) is 0 Å². The molecule has 4 rings (SSSR count). The molecule has 2 heterocycles. The molecule has 0 unspecified atom stereocenters. The van der Waals surface area contributed by atoms with Crippen molar-refractivity contribution in [2.24, 2.45) is 0 Å². The van der Waals surface area contributed by atoms with Crippen molar-refractivity contribution >= 4 is 11.7 Å². The number of anilines is 1. The van der Waals surface area contributed by atoms with Crippen LogP contribution in [0.1, 0.15) is 23.2 Å². The quantitative estimate of drug-likeness (QED) is 0.749. The third-order valence-electron chi connectivity index (χ3n) is 4.46. The van der Waals surface area contributed by atoms with E-state index in [9.17, 15) is 4.79 Å². The Morgan fingerprint density at radius 2 is 1.85 bits per heavy atom. The zero-order valence-corrected chi connectivity index (χ0v) is 15.4. The summed E-state index contributed by atoms with van der Waals surface area (Å²) in [5.74, 6) is 2.11. The molecule has 1 aliphatic heterocycles. The summed E-state index contributed by atoms with van der Waals surface area (Å²) in [5, 5.41) is 7.47. The molecule has 1 amide bonds. The van der Waals surface area contributed by atoms with Gasteiger partial charge in [-0.2, -0.15) is 5.10 Å². The average Bonchev–Trinajstić information content (AvgIpc) is 3.26. The van der Waals surface area contributed by atoms with Gasteiger partial charge >= 0.3 is 0 Å². The summed E-state index contributed by atoms with van der Waals surface area (Å²) in [6.45, 7) is 4.20. The Labute approximate surface area is 157 Å². The lowest BCUT2D eigenvalue weighted by atomic mass is 10.1. The number of aromatic nitrogens is 2. The van der Waals surface area contributed by atoms with Crippen LogP contribution in [0.5, 0.6) is 11.5 Å². The largest absolute Gasteiger partial charge is 0.454 e. The van der Waals surface area contributed by atoms with E-state index >= 15 is 0 Å². The first-order valence-corrected chi connectivity index (χ1v) is 8.90. The molecule has 6 nitrogen and oxygen atoms in total. The molecular weight excluding hydrogens is 342 g/mol. The third kappa shape index (κ3) is 3.79. The molecule has 0 saturated heterocycles. The van der Waals surface area contributed by atoms with E-state index in [-0.39, 0.29) is 12.7 Å². The van der Waals surface area contributed by atoms with Crippen LogP contribution in [0.4, 0.5) is 5.82 Å². The van der Waals surface area contributed by atoms with Gasteiger partial charge in [-0.15, -0.1) is 0 Å². The van der Waals surface area contributed by atoms with Crippen LogP contribution in [0.15, 0.2) is 48.5 Å². The molecular formula is C21H21N3O3. The van der Waals surface area contributed by atoms with Crippen LogP contribution in [0, 0.1) is 13.8 Å². The number of carbonyl (C=O) groups excluding carboxylic acids is 1. The monoisotopic (exact) mass is 363 g/mol. The molecule has 0 fully saturated rings. The number of nitrogens with zero attached hydrogens (tertiary/aromatic N) is 2. The molecule has 0 bridgehead atoms. The number of hydrogen-bond acceptors (Lipinski definition) is 4. The zero-order valence-electron chi connectivity index (χ0n) is 15.4. The van der Waals surface area contributed by atoms with Gasteiger partial charge in [-0.25, -0.2) is 4.68 Å². The smallest absolute Gasteiger partial charge is 0.231 e. The highest BCUT2D eigenvalue weighted by Crippen LogP contribution is 2.32. The van der Waals surface area contributed by atoms with E-state index in [0.717, 1.165) is 28.4 Å². The highest BCUT2D eigenvalue weighted by atomic mass is 16.7. The maximum atomic E-state index is 12.5. The molecule has 27 heavy (non-hydrogen) atoms. The van der Waals surface area contributed by atoms with Crippen LogP contribution < -0.4 is 14.8 Å². The lowest BCUT2D eigenvalue weighted by Crippen LogP contribution is -2.15. The second-order valence-electron chi connectivity index (χ2n) is 6.65. The molecule has 2 aromatic carbocycles. The minimum Gasteiger partial charge on any atom is -0.454 e. The van der Waals surface area contributed by atoms with Crippen LogP contribution in [0.25, 0.3) is 5.69 Å². The van der Waals surface area contributed by atoms with Crippen molar-refractivity contribution in [2.45, 2.75) is 26.7 Å². The van der Waals surface area contributed by atoms with Crippen molar-refractivity contribution in [1.82, 2.24) is 9.78 Å². The summed E-state index contributed by atoms with van der Waals surface area (Å²) < 4.78 is 12.5. The highest BCUT2D eigenvalue weighted by molar-refractivity contribution is 5.90. The Kier molecular flexibility index (Phi) is 4.54. The van der Waals surface area contributed by atoms with Gasteiger partial charge in [0.15, 0.2) is 11.5 Å². The minimum atomic E-state index is -0.0547. The van der Waals surface area contributed by atoms with Gasteiger partial charge in [-0.05, 0) is 50.1 Å². The normalized spacial score (nSPS) is 12.2. The summed E-state index contributed by atoms with van der Waals surface area (Å²) in [4.78, 5) is 12.5. The Bertz CT molecular complexity index is 977. The van der Waals surface area contributed by atoms with Crippen molar-refractivity contribution in [1.29, 1.82) is 0 Å². The maximum Gasteiger partial charge on any atom is 0.231 e. The van der Waals surface area contributed by atoms with Crippen molar-refractivity contribution in [3.63, 3.8) is 0 Å². The fourth-order valence-corrected chi connectivity index (χ4v) is 3.03. The van der Waals surface area contributed by atoms with Gasteiger partial charge in [0.2, 0.25) is 12.7 Å². The molecule has 1 aliphatic rings. The Morgan fingerprint density at radius 3 is 2.67 bits per heavy atom. The van der Waals surface area contributed by atoms with Crippen molar-refractivity contribution in [2.75, 3.05) is 12.1 Å². The molecule has 0 saturated carbocycles. The second-order valence-corrected chi connectivity index (χ2v) is 6.65. The van der Waals surface area contributed by atoms with E-state index in [1.54, 1.807) is 4.68 Å². The lowest BCUT2D eigenvalue weighted by molar-refractivity contribution is -0.116. The van der Waals surface area contributed by atoms with Crippen molar-refractivity contribution in [3.8, 4) is 17.2 Å². The molecule has 1 N–H and O–H groups in total. The molecule has 1 aromatic heterocycles. The Morgan fingerprint density at radius 1 is 1.07 bits per heavy atom. The molecule has 3 aromatic rings. The minimum absolute atomic E-state index is 0.0547. The van der Waals surface area contributed by atoms with Crippen LogP contribution >= 0.6 is 0 Å². The van der Waals surface area contributed by atoms with E-state index in [0.29, 0.717) is 18.7 Å². The first-order chi connectivity index (χ1) is 13.1. The third-order valence-corrected chi connectivity index (χ3v) is 4.46. The van der Waals surface area contributed by atoms with Gasteiger partial charge in [-0.3, -0.25) is 4.79 Å². The number of fused-ring (bicyclic) bond motifs is 1. The maximum absolute atomic E-state index is 12.5. The summed E-state index contributed by atoms with van der Waals surface area (Å²) in [5.41, 5.74) is 3.98. The summed E-state index contributed by atoms with van der Waals surface area (Å²) in [7, 11) is 0. The molecule has 0 atom stereocenters. The molecule has 0 radical (unpaired) electrons. The van der Waals surface area contributed by atoms with E-state index in [1.165, 1.54) is 5.56 Å². The second kappa shape index (κ2) is 7.15. The number of carbonyl (C=O) groups is 1. The molecule has 138 valence electrons. The topological polar surface area (TPSA) is 65.4 Å². The summed E-state index contributed by atoms with van der Waals surface area (Å²) in [6, 6.07) is 15.7. The highest BCUT2D eigenvalue weighted by Gasteiger charge is 2.15. The van der Waals surface area contributed by atoms with Crippen molar-refractivity contribution in [3.05, 3.63) is 65.4 Å². The molecule has 6 heteroatoms. The predicted molar refractivity (Wildman–Crippen MR) is 103 cm³/mol. The van der Waals surface area contributed by atoms with E-state index in [4.69, 9.17) is 9.47 Å². The van der Waals surface area contributed by atoms with Gasteiger partial charge in [0.1, 0.15) is 5.82 Å². The van der Waals surface area contributed by atoms with E-state index in [2.05, 4.69) is 10.4 Å². The number of hydrogen-bond donors (Lipinski definition) is 1. The average molecular weight is 363 g/mol. The van der Waals surface area contributed by atoms with E-state index in [1.807, 2.05) is 62.4 Å². The SMILES string of the molecule is Cc1ccc(-n2nc(C)cc2NC(=O)CCc2ccc3c(c2)OCO3)cc1. The van der Waals surface area contributed by atoms with Gasteiger partial charge in [-0.1, -0.05) is 23.8 Å². The number of aryl methyl sites for hydroxylation is 3. The number of amides is 1. The van der Waals surface area contributed by atoms with E-state index < -0.39 is 0 Å². The van der Waals surface area contributed by atoms with Gasteiger partial charge in [0.25, 0.3) is 0 Å². The number of benzene rings is 2. The van der Waals surface area contributed by atoms with Gasteiger partial charge in [0, 0.05) is 12.5 Å². The van der Waals surface area contributed by atoms with Crippen molar-refractivity contribution < 1.29 is 14.3 Å². The Balaban J connectivity index is 1.43. The summed E-state index contributed by atoms with van der Waals surface area (Å²) in [6.07, 6.45) is 0.998. The first-order valence-electron chi connectivity index (χ1n) is 8.90. The Hall–Kier alpha value is -3.28. The molecule has 0 aliphatic carbocycles. The van der Waals surface area contributed by atoms with Crippen LogP contribution in [0.3, 0.4) is 0 Å². The number of rotatable bonds is 5. The first kappa shape index (κ1) is 17.1. The van der Waals surface area contributed by atoms with Crippen LogP contribution in [-0.2, 0) is 11.2 Å². The molecule has 0 spiro atoms. The number of nitrogens with one attached hydrogen (secondary N) is 1. The predicted octanol–water partition coefficient (Wildman–Crippen LogP) is 3.79. The number of ether oxygens (including phenoxy) is 2. The van der Waals surface area contributed by atoms with Gasteiger partial charge < -0.3 is 14.8 Å². The standard InChI is InChI=1S/C21H21N3O3/c1-14-3-7-17(8-4-14)24-20(11-15(2)23-24)22-21(25)10-6-16-5-9-18-19(12-16)27-13-26-18/h3-5,7-9,11-12H,6,10,13H2,1-2H3,(H,22,25). The van der Waals surface area contributed by atoms with Crippen LogP contribution in [-0.4, -0.2) is 22.5 Å².